The fraction of sp³-hybridized carbons (Fsp3) is 0.207. The average molecular weight is 617 g/mol. The predicted octanol–water partition coefficient (Wildman–Crippen LogP) is 3.87. The molecule has 2 aromatic carbocycles. The number of aromatic nitrogens is 3. The molecule has 0 bridgehead atoms. The van der Waals surface area contributed by atoms with E-state index in [4.69, 9.17) is 5.73 Å². The van der Waals surface area contributed by atoms with E-state index in [9.17, 15) is 40.7 Å². The van der Waals surface area contributed by atoms with Crippen LogP contribution in [0.1, 0.15) is 49.4 Å². The van der Waals surface area contributed by atoms with Crippen LogP contribution in [0.2, 0.25) is 0 Å². The number of carbonyl (C=O) groups is 3. The highest BCUT2D eigenvalue weighted by Gasteiger charge is 2.42. The van der Waals surface area contributed by atoms with Crippen LogP contribution >= 0.6 is 0 Å². The molecule has 0 radical (unpaired) electrons. The van der Waals surface area contributed by atoms with Gasteiger partial charge in [-0.25, -0.2) is 13.2 Å². The van der Waals surface area contributed by atoms with Crippen molar-refractivity contribution in [1.82, 2.24) is 25.4 Å². The summed E-state index contributed by atoms with van der Waals surface area (Å²) in [7, 11) is 0. The van der Waals surface area contributed by atoms with E-state index in [1.54, 1.807) is 6.07 Å². The molecule has 1 aliphatic heterocycles. The van der Waals surface area contributed by atoms with Gasteiger partial charge in [-0.3, -0.25) is 24.0 Å². The van der Waals surface area contributed by atoms with Crippen LogP contribution in [0.4, 0.5) is 26.3 Å². The van der Waals surface area contributed by atoms with Crippen LogP contribution in [-0.2, 0) is 30.4 Å². The largest absolute Gasteiger partial charge is 0.435 e. The van der Waals surface area contributed by atoms with Gasteiger partial charge in [0, 0.05) is 30.8 Å². The maximum atomic E-state index is 14.2. The first-order valence-corrected chi connectivity index (χ1v) is 13.1. The zero-order valence-electron chi connectivity index (χ0n) is 22.5. The number of nitrogens with zero attached hydrogens (tertiary/aromatic N) is 3. The molecule has 0 saturated carbocycles. The first-order chi connectivity index (χ1) is 20.8. The molecule has 4 aromatic rings. The van der Waals surface area contributed by atoms with Gasteiger partial charge in [-0.1, -0.05) is 12.1 Å². The number of rotatable bonds is 8. The summed E-state index contributed by atoms with van der Waals surface area (Å²) in [4.78, 5) is 41.7. The Morgan fingerprint density at radius 2 is 1.80 bits per heavy atom. The van der Waals surface area contributed by atoms with Crippen molar-refractivity contribution in [3.63, 3.8) is 0 Å². The number of benzene rings is 2. The molecule has 2 aromatic heterocycles. The van der Waals surface area contributed by atoms with Gasteiger partial charge in [0.25, 0.3) is 11.8 Å². The van der Waals surface area contributed by atoms with Crippen LogP contribution in [0.3, 0.4) is 0 Å². The van der Waals surface area contributed by atoms with Gasteiger partial charge in [-0.2, -0.15) is 18.3 Å². The number of hydrogen-bond acceptors (Lipinski definition) is 5. The SMILES string of the molecule is NC(=O)c1cc(-c2cccnc2[C@H](Cc2cc(F)cc(F)c2)NC(=O)Cn2nc(C(F)(F)F)c3c2CCNC3=O)ccc1F. The molecule has 3 heterocycles. The lowest BCUT2D eigenvalue weighted by molar-refractivity contribution is -0.142. The van der Waals surface area contributed by atoms with Gasteiger partial charge in [-0.15, -0.1) is 0 Å². The summed E-state index contributed by atoms with van der Waals surface area (Å²) in [6.07, 6.45) is -3.85. The van der Waals surface area contributed by atoms with Crippen LogP contribution < -0.4 is 16.4 Å². The minimum Gasteiger partial charge on any atom is -0.366 e. The third-order valence-corrected chi connectivity index (χ3v) is 6.90. The summed E-state index contributed by atoms with van der Waals surface area (Å²) in [5.74, 6) is -5.52. The number of carbonyl (C=O) groups excluding carboxylic acids is 3. The van der Waals surface area contributed by atoms with E-state index in [0.717, 1.165) is 22.9 Å². The molecular weight excluding hydrogens is 594 g/mol. The second kappa shape index (κ2) is 11.8. The maximum Gasteiger partial charge on any atom is 0.435 e. The van der Waals surface area contributed by atoms with Crippen LogP contribution in [0.15, 0.2) is 54.7 Å². The van der Waals surface area contributed by atoms with Crippen LogP contribution in [0.5, 0.6) is 0 Å². The summed E-state index contributed by atoms with van der Waals surface area (Å²) in [6, 6.07) is 8.17. The summed E-state index contributed by atoms with van der Waals surface area (Å²) in [5, 5.41) is 8.48. The van der Waals surface area contributed by atoms with Crippen molar-refractivity contribution in [2.75, 3.05) is 6.54 Å². The molecule has 0 aliphatic carbocycles. The molecule has 44 heavy (non-hydrogen) atoms. The Labute approximate surface area is 245 Å². The van der Waals surface area contributed by atoms with Crippen molar-refractivity contribution >= 4 is 17.7 Å². The number of halogens is 6. The lowest BCUT2D eigenvalue weighted by Gasteiger charge is -2.22. The first-order valence-electron chi connectivity index (χ1n) is 13.1. The second-order valence-electron chi connectivity index (χ2n) is 9.93. The molecule has 0 fully saturated rings. The highest BCUT2D eigenvalue weighted by molar-refractivity contribution is 5.98. The van der Waals surface area contributed by atoms with E-state index >= 15 is 0 Å². The fourth-order valence-electron chi connectivity index (χ4n) is 5.08. The molecule has 228 valence electrons. The first kappa shape index (κ1) is 30.3. The van der Waals surface area contributed by atoms with Crippen molar-refractivity contribution in [2.24, 2.45) is 5.73 Å². The average Bonchev–Trinajstić information content (AvgIpc) is 3.32. The number of pyridine rings is 1. The van der Waals surface area contributed by atoms with Crippen LogP contribution in [-0.4, -0.2) is 39.0 Å². The Balaban J connectivity index is 1.54. The van der Waals surface area contributed by atoms with E-state index in [2.05, 4.69) is 20.7 Å². The number of fused-ring (bicyclic) bond motifs is 1. The van der Waals surface area contributed by atoms with E-state index in [0.29, 0.717) is 11.6 Å². The van der Waals surface area contributed by atoms with Gasteiger partial charge < -0.3 is 16.4 Å². The Morgan fingerprint density at radius 3 is 2.48 bits per heavy atom. The molecule has 1 aliphatic rings. The number of nitrogens with one attached hydrogen (secondary N) is 2. The van der Waals surface area contributed by atoms with Crippen molar-refractivity contribution in [3.05, 3.63) is 106 Å². The van der Waals surface area contributed by atoms with Gasteiger partial charge in [0.2, 0.25) is 5.91 Å². The van der Waals surface area contributed by atoms with E-state index in [1.807, 2.05) is 0 Å². The lowest BCUT2D eigenvalue weighted by atomic mass is 9.94. The van der Waals surface area contributed by atoms with Crippen LogP contribution in [0.25, 0.3) is 11.1 Å². The van der Waals surface area contributed by atoms with E-state index in [-0.39, 0.29) is 41.9 Å². The summed E-state index contributed by atoms with van der Waals surface area (Å²) < 4.78 is 84.1. The molecule has 15 heteroatoms. The molecule has 0 unspecified atom stereocenters. The van der Waals surface area contributed by atoms with E-state index < -0.39 is 70.8 Å². The number of hydrogen-bond donors (Lipinski definition) is 3. The number of amides is 3. The van der Waals surface area contributed by atoms with Crippen molar-refractivity contribution in [2.45, 2.75) is 31.6 Å². The summed E-state index contributed by atoms with van der Waals surface area (Å²) in [5.41, 5.74) is 3.49. The Kier molecular flexibility index (Phi) is 8.13. The lowest BCUT2D eigenvalue weighted by Crippen LogP contribution is -2.36. The number of primary amides is 1. The standard InChI is InChI=1S/C29H22F6N6O3/c30-16-8-14(9-17(31)12-16)10-21(25-18(2-1-6-37-25)15-3-4-20(32)19(11-15)27(36)43)39-23(42)13-41-22-5-7-38-28(44)24(22)26(40-41)29(33,34)35/h1-4,6,8-9,11-12,21H,5,7,10,13H2,(H2,36,43)(H,38,44)(H,39,42)/t21-/m0/s1. The quantitative estimate of drug-likeness (QED) is 0.259. The molecule has 0 spiro atoms. The zero-order valence-corrected chi connectivity index (χ0v) is 22.5. The highest BCUT2D eigenvalue weighted by Crippen LogP contribution is 2.34. The zero-order chi connectivity index (χ0) is 31.8. The van der Waals surface area contributed by atoms with Crippen molar-refractivity contribution in [3.8, 4) is 11.1 Å². The Morgan fingerprint density at radius 1 is 1.07 bits per heavy atom. The summed E-state index contributed by atoms with van der Waals surface area (Å²) >= 11 is 0. The third-order valence-electron chi connectivity index (χ3n) is 6.90. The Bertz CT molecular complexity index is 1770. The maximum absolute atomic E-state index is 14.2. The van der Waals surface area contributed by atoms with Gasteiger partial charge in [0.15, 0.2) is 5.69 Å². The molecule has 1 atom stereocenters. The molecule has 4 N–H and O–H groups in total. The topological polar surface area (TPSA) is 132 Å². The molecular formula is C29H22F6N6O3. The van der Waals surface area contributed by atoms with Crippen LogP contribution in [0, 0.1) is 17.5 Å². The van der Waals surface area contributed by atoms with Gasteiger partial charge in [-0.05, 0) is 47.9 Å². The third kappa shape index (κ3) is 6.26. The van der Waals surface area contributed by atoms with Crippen molar-refractivity contribution < 1.29 is 40.7 Å². The van der Waals surface area contributed by atoms with Gasteiger partial charge in [0.05, 0.1) is 28.6 Å². The minimum atomic E-state index is -4.97. The number of nitrogens with two attached hydrogens (primary N) is 1. The van der Waals surface area contributed by atoms with Gasteiger partial charge >= 0.3 is 6.18 Å². The molecule has 0 saturated heterocycles. The monoisotopic (exact) mass is 616 g/mol. The van der Waals surface area contributed by atoms with E-state index in [1.165, 1.54) is 24.4 Å². The normalized spacial score (nSPS) is 13.6. The Hall–Kier alpha value is -5.21. The fourth-order valence-corrected chi connectivity index (χ4v) is 5.08. The summed E-state index contributed by atoms with van der Waals surface area (Å²) in [6.45, 7) is -0.698. The highest BCUT2D eigenvalue weighted by atomic mass is 19.4. The van der Waals surface area contributed by atoms with Crippen molar-refractivity contribution in [1.29, 1.82) is 0 Å². The molecule has 5 rings (SSSR count). The second-order valence-corrected chi connectivity index (χ2v) is 9.93. The predicted molar refractivity (Wildman–Crippen MR) is 142 cm³/mol. The van der Waals surface area contributed by atoms with Gasteiger partial charge in [0.1, 0.15) is 24.0 Å². The number of alkyl halides is 3. The smallest absolute Gasteiger partial charge is 0.366 e. The minimum absolute atomic E-state index is 0.0133. The molecule has 9 nitrogen and oxygen atoms in total. The molecule has 3 amide bonds.